The third-order valence-electron chi connectivity index (χ3n) is 4.02. The summed E-state index contributed by atoms with van der Waals surface area (Å²) in [6.45, 7) is 5.74. The number of hydroxylamine groups is 1. The van der Waals surface area contributed by atoms with Crippen LogP contribution < -0.4 is 10.9 Å². The summed E-state index contributed by atoms with van der Waals surface area (Å²) >= 11 is 0. The quantitative estimate of drug-likeness (QED) is 0.347. The highest BCUT2D eigenvalue weighted by atomic mass is 16.6. The van der Waals surface area contributed by atoms with Gasteiger partial charge in [-0.25, -0.2) is 20.7 Å². The summed E-state index contributed by atoms with van der Waals surface area (Å²) < 4.78 is 5.37. The van der Waals surface area contributed by atoms with Crippen molar-refractivity contribution in [2.75, 3.05) is 6.54 Å². The molecule has 0 heterocycles. The molecule has 2 amide bonds. The Labute approximate surface area is 177 Å². The maximum atomic E-state index is 12.4. The molecular weight excluding hydrogens is 382 g/mol. The molecule has 0 spiro atoms. The molecule has 0 unspecified atom stereocenters. The molecule has 3 N–H and O–H groups in total. The smallest absolute Gasteiger partial charge is 0.424 e. The molecule has 30 heavy (non-hydrogen) atoms. The number of carbonyl (C=O) groups excluding carboxylic acids is 2. The Morgan fingerprint density at radius 3 is 2.17 bits per heavy atom. The van der Waals surface area contributed by atoms with E-state index < -0.39 is 17.6 Å². The van der Waals surface area contributed by atoms with Crippen LogP contribution in [-0.4, -0.2) is 34.4 Å². The third-order valence-corrected chi connectivity index (χ3v) is 4.02. The van der Waals surface area contributed by atoms with Crippen LogP contribution >= 0.6 is 0 Å². The van der Waals surface area contributed by atoms with Crippen molar-refractivity contribution in [2.24, 2.45) is 0 Å². The van der Waals surface area contributed by atoms with E-state index in [2.05, 4.69) is 5.43 Å². The summed E-state index contributed by atoms with van der Waals surface area (Å²) in [7, 11) is 0. The van der Waals surface area contributed by atoms with Crippen molar-refractivity contribution in [2.45, 2.75) is 39.3 Å². The van der Waals surface area contributed by atoms with Gasteiger partial charge in [-0.3, -0.25) is 10.0 Å². The van der Waals surface area contributed by atoms with Crippen LogP contribution in [-0.2, 0) is 16.1 Å². The van der Waals surface area contributed by atoms with Gasteiger partial charge in [0.25, 0.3) is 0 Å². The fraction of sp³-hybridized carbons (Fsp3) is 0.304. The minimum Gasteiger partial charge on any atom is -0.443 e. The van der Waals surface area contributed by atoms with Gasteiger partial charge in [0.05, 0.1) is 0 Å². The average Bonchev–Trinajstić information content (AvgIpc) is 2.72. The van der Waals surface area contributed by atoms with Gasteiger partial charge in [-0.1, -0.05) is 66.7 Å². The summed E-state index contributed by atoms with van der Waals surface area (Å²) in [5.41, 5.74) is 7.04. The van der Waals surface area contributed by atoms with Crippen LogP contribution in [0.5, 0.6) is 0 Å². The van der Waals surface area contributed by atoms with Crippen molar-refractivity contribution in [1.82, 2.24) is 15.9 Å². The van der Waals surface area contributed by atoms with E-state index in [-0.39, 0.29) is 13.0 Å². The molecule has 160 valence electrons. The standard InChI is InChI=1S/C23H29N3O4/c1-23(2,3)30-22(28)26(16-15-21(27)25-29)24-17-20-13-11-19(12-14-20)10-9-18-7-5-4-6-8-18/h4-14,24,29H,15-17H2,1-3H3,(H,25,27). The third kappa shape index (κ3) is 8.46. The molecule has 0 saturated carbocycles. The van der Waals surface area contributed by atoms with Crippen molar-refractivity contribution in [1.29, 1.82) is 0 Å². The molecule has 0 aliphatic heterocycles. The Kier molecular flexibility index (Phi) is 8.58. The van der Waals surface area contributed by atoms with E-state index >= 15 is 0 Å². The number of amides is 2. The zero-order valence-corrected chi connectivity index (χ0v) is 17.6. The average molecular weight is 412 g/mol. The number of ether oxygens (including phenoxy) is 1. The van der Waals surface area contributed by atoms with Crippen LogP contribution in [0.4, 0.5) is 4.79 Å². The van der Waals surface area contributed by atoms with Crippen molar-refractivity contribution in [3.05, 3.63) is 71.3 Å². The highest BCUT2D eigenvalue weighted by molar-refractivity contribution is 5.75. The largest absolute Gasteiger partial charge is 0.443 e. The molecule has 2 aromatic carbocycles. The summed E-state index contributed by atoms with van der Waals surface area (Å²) in [6.07, 6.45) is 3.43. The second kappa shape index (κ2) is 11.1. The zero-order chi connectivity index (χ0) is 22.0. The lowest BCUT2D eigenvalue weighted by atomic mass is 10.1. The summed E-state index contributed by atoms with van der Waals surface area (Å²) in [6, 6.07) is 18.0. The Hall–Kier alpha value is -3.16. The molecule has 7 nitrogen and oxygen atoms in total. The van der Waals surface area contributed by atoms with Gasteiger partial charge < -0.3 is 4.74 Å². The van der Waals surface area contributed by atoms with Crippen LogP contribution in [0.3, 0.4) is 0 Å². The van der Waals surface area contributed by atoms with Crippen LogP contribution in [0.2, 0.25) is 0 Å². The highest BCUT2D eigenvalue weighted by Crippen LogP contribution is 2.12. The van der Waals surface area contributed by atoms with E-state index in [1.807, 2.05) is 66.7 Å². The number of benzene rings is 2. The molecule has 0 bridgehead atoms. The zero-order valence-electron chi connectivity index (χ0n) is 17.6. The SMILES string of the molecule is CC(C)(C)OC(=O)N(CCC(=O)NO)NCc1ccc(C=Cc2ccccc2)cc1. The van der Waals surface area contributed by atoms with E-state index in [1.165, 1.54) is 5.01 Å². The molecule has 0 saturated heterocycles. The number of rotatable bonds is 8. The normalized spacial score (nSPS) is 11.3. The molecule has 0 aliphatic rings. The fourth-order valence-electron chi connectivity index (χ4n) is 2.51. The molecule has 0 aromatic heterocycles. The topological polar surface area (TPSA) is 90.9 Å². The minimum absolute atomic E-state index is 0.0548. The van der Waals surface area contributed by atoms with Gasteiger partial charge in [0.15, 0.2) is 0 Å². The first-order chi connectivity index (χ1) is 14.3. The first kappa shape index (κ1) is 23.1. The maximum absolute atomic E-state index is 12.4. The first-order valence-corrected chi connectivity index (χ1v) is 9.76. The van der Waals surface area contributed by atoms with Gasteiger partial charge in [0, 0.05) is 19.5 Å². The van der Waals surface area contributed by atoms with Gasteiger partial charge in [-0.2, -0.15) is 0 Å². The number of hydrazine groups is 1. The molecule has 2 rings (SSSR count). The number of nitrogens with one attached hydrogen (secondary N) is 2. The lowest BCUT2D eigenvalue weighted by Gasteiger charge is -2.27. The molecule has 0 fully saturated rings. The van der Waals surface area contributed by atoms with E-state index in [4.69, 9.17) is 9.94 Å². The van der Waals surface area contributed by atoms with E-state index in [9.17, 15) is 9.59 Å². The Bertz CT molecular complexity index is 843. The van der Waals surface area contributed by atoms with E-state index in [1.54, 1.807) is 26.3 Å². The van der Waals surface area contributed by atoms with Crippen molar-refractivity contribution in [3.8, 4) is 0 Å². The fourth-order valence-corrected chi connectivity index (χ4v) is 2.51. The van der Waals surface area contributed by atoms with Crippen LogP contribution in [0.25, 0.3) is 12.2 Å². The second-order valence-electron chi connectivity index (χ2n) is 7.74. The number of hydrogen-bond acceptors (Lipinski definition) is 5. The van der Waals surface area contributed by atoms with E-state index in [0.717, 1.165) is 16.7 Å². The second-order valence-corrected chi connectivity index (χ2v) is 7.74. The van der Waals surface area contributed by atoms with Crippen LogP contribution in [0.15, 0.2) is 54.6 Å². The van der Waals surface area contributed by atoms with Gasteiger partial charge in [0.2, 0.25) is 5.91 Å². The van der Waals surface area contributed by atoms with Gasteiger partial charge in [-0.05, 0) is 37.5 Å². The predicted molar refractivity (Wildman–Crippen MR) is 116 cm³/mol. The lowest BCUT2D eigenvalue weighted by molar-refractivity contribution is -0.129. The van der Waals surface area contributed by atoms with Gasteiger partial charge >= 0.3 is 6.09 Å². The summed E-state index contributed by atoms with van der Waals surface area (Å²) in [5, 5.41) is 9.90. The van der Waals surface area contributed by atoms with E-state index in [0.29, 0.717) is 6.54 Å². The minimum atomic E-state index is -0.664. The number of hydrogen-bond donors (Lipinski definition) is 3. The van der Waals surface area contributed by atoms with Gasteiger partial charge in [0.1, 0.15) is 5.60 Å². The number of carbonyl (C=O) groups is 2. The Morgan fingerprint density at radius 1 is 1.00 bits per heavy atom. The van der Waals surface area contributed by atoms with Crippen molar-refractivity contribution < 1.29 is 19.5 Å². The first-order valence-electron chi connectivity index (χ1n) is 9.76. The number of nitrogens with zero attached hydrogens (tertiary/aromatic N) is 1. The molecular formula is C23H29N3O4. The summed E-state index contributed by atoms with van der Waals surface area (Å²) in [5.74, 6) is -0.583. The van der Waals surface area contributed by atoms with Crippen molar-refractivity contribution in [3.63, 3.8) is 0 Å². The maximum Gasteiger partial charge on any atom is 0.424 e. The van der Waals surface area contributed by atoms with Crippen molar-refractivity contribution >= 4 is 24.2 Å². The molecule has 0 atom stereocenters. The molecule has 0 radical (unpaired) electrons. The van der Waals surface area contributed by atoms with Crippen LogP contribution in [0, 0.1) is 0 Å². The Balaban J connectivity index is 1.96. The highest BCUT2D eigenvalue weighted by Gasteiger charge is 2.22. The molecule has 7 heteroatoms. The monoisotopic (exact) mass is 411 g/mol. The van der Waals surface area contributed by atoms with Crippen LogP contribution in [0.1, 0.15) is 43.9 Å². The summed E-state index contributed by atoms with van der Waals surface area (Å²) in [4.78, 5) is 23.7. The molecule has 2 aromatic rings. The van der Waals surface area contributed by atoms with Gasteiger partial charge in [-0.15, -0.1) is 0 Å². The predicted octanol–water partition coefficient (Wildman–Crippen LogP) is 3.99. The lowest BCUT2D eigenvalue weighted by Crippen LogP contribution is -2.46. The molecule has 0 aliphatic carbocycles. The Morgan fingerprint density at radius 2 is 1.60 bits per heavy atom.